The van der Waals surface area contributed by atoms with E-state index in [1.165, 1.54) is 72.3 Å². The second-order valence-corrected chi connectivity index (χ2v) is 12.2. The minimum Gasteiger partial charge on any atom is -0.256 e. The van der Waals surface area contributed by atoms with Crippen molar-refractivity contribution in [3.8, 4) is 33.5 Å². The van der Waals surface area contributed by atoms with Gasteiger partial charge >= 0.3 is 0 Å². The maximum absolute atomic E-state index is 4.84. The second kappa shape index (κ2) is 8.52. The van der Waals surface area contributed by atoms with Crippen LogP contribution < -0.4 is 0 Å². The Bertz CT molecular complexity index is 2280. The van der Waals surface area contributed by atoms with E-state index in [2.05, 4.69) is 152 Å². The minimum atomic E-state index is -0.473. The minimum absolute atomic E-state index is 0.415. The maximum Gasteiger partial charge on any atom is 0.0720 e. The molecule has 2 unspecified atom stereocenters. The molecule has 3 aliphatic carbocycles. The summed E-state index contributed by atoms with van der Waals surface area (Å²) < 4.78 is 0. The van der Waals surface area contributed by atoms with Crippen molar-refractivity contribution in [2.24, 2.45) is 0 Å². The van der Waals surface area contributed by atoms with Gasteiger partial charge in [0, 0.05) is 11.8 Å². The summed E-state index contributed by atoms with van der Waals surface area (Å²) in [5, 5.41) is 0. The van der Waals surface area contributed by atoms with Crippen molar-refractivity contribution in [3.63, 3.8) is 0 Å². The number of fused-ring (bicyclic) bond motifs is 12. The molecule has 6 aromatic carbocycles. The first kappa shape index (κ1) is 24.0. The molecule has 2 atom stereocenters. The number of hydrogen-bond donors (Lipinski definition) is 0. The predicted molar refractivity (Wildman–Crippen MR) is 178 cm³/mol. The predicted octanol–water partition coefficient (Wildman–Crippen LogP) is 9.79. The quantitative estimate of drug-likeness (QED) is 0.206. The van der Waals surface area contributed by atoms with Gasteiger partial charge in [-0.25, -0.2) is 0 Å². The molecule has 44 heavy (non-hydrogen) atoms. The van der Waals surface area contributed by atoms with Gasteiger partial charge in [-0.05, 0) is 78.9 Å². The second-order valence-electron chi connectivity index (χ2n) is 12.2. The fourth-order valence-electron chi connectivity index (χ4n) is 9.02. The average Bonchev–Trinajstić information content (AvgIpc) is 3.58. The Balaban J connectivity index is 1.44. The lowest BCUT2D eigenvalue weighted by Crippen LogP contribution is -2.43. The van der Waals surface area contributed by atoms with E-state index in [-0.39, 0.29) is 0 Å². The van der Waals surface area contributed by atoms with E-state index in [4.69, 9.17) is 4.98 Å². The van der Waals surface area contributed by atoms with Gasteiger partial charge in [-0.15, -0.1) is 0 Å². The first-order chi connectivity index (χ1) is 21.9. The first-order valence-corrected chi connectivity index (χ1v) is 15.4. The van der Waals surface area contributed by atoms with Crippen molar-refractivity contribution in [2.45, 2.75) is 10.8 Å². The molecule has 10 rings (SSSR count). The van der Waals surface area contributed by atoms with E-state index < -0.39 is 10.8 Å². The van der Waals surface area contributed by atoms with Crippen molar-refractivity contribution < 1.29 is 0 Å². The Labute approximate surface area is 257 Å². The van der Waals surface area contributed by atoms with Crippen LogP contribution in [0.2, 0.25) is 0 Å². The van der Waals surface area contributed by atoms with Crippen LogP contribution in [0.4, 0.5) is 0 Å². The lowest BCUT2D eigenvalue weighted by Gasteiger charge is -2.48. The molecule has 1 aromatic heterocycles. The smallest absolute Gasteiger partial charge is 0.0720 e. The molecule has 1 heterocycles. The van der Waals surface area contributed by atoms with Gasteiger partial charge in [0.2, 0.25) is 0 Å². The lowest BCUT2D eigenvalue weighted by atomic mass is 9.52. The number of benzene rings is 6. The Kier molecular flexibility index (Phi) is 4.64. The topological polar surface area (TPSA) is 12.9 Å². The van der Waals surface area contributed by atoms with Crippen molar-refractivity contribution in [1.82, 2.24) is 4.98 Å². The molecule has 1 spiro atoms. The van der Waals surface area contributed by atoms with E-state index in [0.29, 0.717) is 0 Å². The van der Waals surface area contributed by atoms with E-state index in [9.17, 15) is 0 Å². The Morgan fingerprint density at radius 2 is 0.886 bits per heavy atom. The summed E-state index contributed by atoms with van der Waals surface area (Å²) in [6, 6.07) is 58.7. The highest BCUT2D eigenvalue weighted by molar-refractivity contribution is 5.99. The molecule has 0 aliphatic heterocycles. The van der Waals surface area contributed by atoms with Crippen LogP contribution in [-0.2, 0) is 10.8 Å². The number of aromatic nitrogens is 1. The molecule has 0 fully saturated rings. The summed E-state index contributed by atoms with van der Waals surface area (Å²) in [7, 11) is 0. The molecule has 0 saturated heterocycles. The lowest BCUT2D eigenvalue weighted by molar-refractivity contribution is 0.636. The third-order valence-corrected chi connectivity index (χ3v) is 10.4. The van der Waals surface area contributed by atoms with Gasteiger partial charge in [0.25, 0.3) is 0 Å². The zero-order chi connectivity index (χ0) is 28.9. The molecule has 7 aromatic rings. The van der Waals surface area contributed by atoms with Crippen LogP contribution >= 0.6 is 0 Å². The van der Waals surface area contributed by atoms with Gasteiger partial charge in [0.1, 0.15) is 0 Å². The highest BCUT2D eigenvalue weighted by Crippen LogP contribution is 2.68. The summed E-state index contributed by atoms with van der Waals surface area (Å²) >= 11 is 0. The van der Waals surface area contributed by atoms with Crippen molar-refractivity contribution in [3.05, 3.63) is 208 Å². The summed E-state index contributed by atoms with van der Waals surface area (Å²) in [5.74, 6) is 0. The normalized spacial score (nSPS) is 19.5. The van der Waals surface area contributed by atoms with Crippen LogP contribution in [0.5, 0.6) is 0 Å². The maximum atomic E-state index is 4.84. The highest BCUT2D eigenvalue weighted by Gasteiger charge is 2.59. The summed E-state index contributed by atoms with van der Waals surface area (Å²) in [6.45, 7) is 0. The molecule has 1 nitrogen and oxygen atoms in total. The number of rotatable bonds is 2. The van der Waals surface area contributed by atoms with Crippen LogP contribution in [0, 0.1) is 0 Å². The molecule has 0 bridgehead atoms. The zero-order valence-corrected chi connectivity index (χ0v) is 24.0. The number of hydrogen-bond acceptors (Lipinski definition) is 1. The Morgan fingerprint density at radius 3 is 1.64 bits per heavy atom. The van der Waals surface area contributed by atoms with Crippen molar-refractivity contribution in [1.29, 1.82) is 0 Å². The molecule has 0 radical (unpaired) electrons. The molecule has 1 heteroatoms. The van der Waals surface area contributed by atoms with E-state index >= 15 is 0 Å². The molecular weight excluding hydrogens is 530 g/mol. The van der Waals surface area contributed by atoms with Crippen LogP contribution in [-0.4, -0.2) is 4.98 Å². The Hall–Kier alpha value is -5.53. The average molecular weight is 558 g/mol. The molecule has 3 aliphatic rings. The molecular formula is C43H27N. The SMILES string of the molecule is c1ccc(C23c4ccccc4-c4cccc(c42)C2(c4ccccc4-c4c(-c5ccccn5)cccc42)c2ccccc23)cc1. The fraction of sp³-hybridized carbons (Fsp3) is 0.0465. The van der Waals surface area contributed by atoms with Crippen LogP contribution in [0.25, 0.3) is 33.5 Å². The van der Waals surface area contributed by atoms with Gasteiger partial charge < -0.3 is 0 Å². The van der Waals surface area contributed by atoms with Crippen LogP contribution in [0.15, 0.2) is 164 Å². The van der Waals surface area contributed by atoms with Gasteiger partial charge in [-0.3, -0.25) is 4.98 Å². The van der Waals surface area contributed by atoms with Gasteiger partial charge in [-0.2, -0.15) is 0 Å². The third kappa shape index (κ3) is 2.65. The van der Waals surface area contributed by atoms with Gasteiger partial charge in [-0.1, -0.05) is 146 Å². The van der Waals surface area contributed by atoms with Crippen molar-refractivity contribution in [2.75, 3.05) is 0 Å². The first-order valence-electron chi connectivity index (χ1n) is 15.4. The van der Waals surface area contributed by atoms with E-state index in [0.717, 1.165) is 5.69 Å². The summed E-state index contributed by atoms with van der Waals surface area (Å²) in [4.78, 5) is 4.84. The zero-order valence-electron chi connectivity index (χ0n) is 24.0. The Morgan fingerprint density at radius 1 is 0.341 bits per heavy atom. The molecule has 0 N–H and O–H groups in total. The fourth-order valence-corrected chi connectivity index (χ4v) is 9.02. The third-order valence-electron chi connectivity index (χ3n) is 10.4. The van der Waals surface area contributed by atoms with E-state index in [1.807, 2.05) is 12.3 Å². The van der Waals surface area contributed by atoms with Crippen LogP contribution in [0.3, 0.4) is 0 Å². The van der Waals surface area contributed by atoms with E-state index in [1.54, 1.807) is 0 Å². The van der Waals surface area contributed by atoms with Crippen molar-refractivity contribution >= 4 is 0 Å². The molecule has 0 amide bonds. The van der Waals surface area contributed by atoms with Crippen LogP contribution in [0.1, 0.15) is 44.5 Å². The number of nitrogens with zero attached hydrogens (tertiary/aromatic N) is 1. The highest BCUT2D eigenvalue weighted by atomic mass is 14.7. The molecule has 0 saturated carbocycles. The summed E-state index contributed by atoms with van der Waals surface area (Å²) in [5.41, 5.74) is 17.4. The van der Waals surface area contributed by atoms with Gasteiger partial charge in [0.05, 0.1) is 16.5 Å². The number of pyridine rings is 1. The largest absolute Gasteiger partial charge is 0.256 e. The molecule has 204 valence electrons. The monoisotopic (exact) mass is 557 g/mol. The summed E-state index contributed by atoms with van der Waals surface area (Å²) in [6.07, 6.45) is 1.90. The standard InChI is InChI=1S/C43H27N/c1-2-14-28(15-3-1)42-33-20-6-4-16-29(33)30-18-12-25-38(41(30)42)43(36-23-9-8-22-35(36)42)34-21-7-5-17-31(34)40-32(19-13-24-37(40)43)39-26-10-11-27-44-39/h1-27H. The van der Waals surface area contributed by atoms with Gasteiger partial charge in [0.15, 0.2) is 0 Å².